The molecule has 0 amide bonds. The van der Waals surface area contributed by atoms with E-state index in [0.29, 0.717) is 6.42 Å². The molecule has 0 aliphatic carbocycles. The third-order valence-electron chi connectivity index (χ3n) is 1.91. The van der Waals surface area contributed by atoms with E-state index in [9.17, 15) is 0 Å². The van der Waals surface area contributed by atoms with Crippen LogP contribution in [0, 0.1) is 11.8 Å². The first-order valence-corrected chi connectivity index (χ1v) is 5.76. The first kappa shape index (κ1) is 10.9. The van der Waals surface area contributed by atoms with Crippen LogP contribution in [0.25, 0.3) is 0 Å². The Hall–Kier alpha value is -1.64. The van der Waals surface area contributed by atoms with Crippen molar-refractivity contribution in [3.63, 3.8) is 0 Å². The van der Waals surface area contributed by atoms with Gasteiger partial charge in [0, 0.05) is 22.2 Å². The summed E-state index contributed by atoms with van der Waals surface area (Å²) in [6, 6.07) is 2.04. The van der Waals surface area contributed by atoms with Gasteiger partial charge >= 0.3 is 0 Å². The summed E-state index contributed by atoms with van der Waals surface area (Å²) in [6.07, 6.45) is 3.74. The van der Waals surface area contributed by atoms with E-state index >= 15 is 0 Å². The fourth-order valence-electron chi connectivity index (χ4n) is 1.22. The van der Waals surface area contributed by atoms with Gasteiger partial charge in [0.25, 0.3) is 0 Å². The number of aliphatic hydroxyl groups excluding tert-OH is 1. The summed E-state index contributed by atoms with van der Waals surface area (Å²) in [5.41, 5.74) is 0.994. The molecule has 0 spiro atoms. The van der Waals surface area contributed by atoms with Crippen molar-refractivity contribution >= 4 is 11.3 Å². The second-order valence-corrected chi connectivity index (χ2v) is 4.17. The van der Waals surface area contributed by atoms with Crippen LogP contribution in [0.1, 0.15) is 16.9 Å². The molecular weight excluding hydrogens is 222 g/mol. The van der Waals surface area contributed by atoms with Gasteiger partial charge in [-0.1, -0.05) is 11.8 Å². The summed E-state index contributed by atoms with van der Waals surface area (Å²) in [4.78, 5) is 5.08. The predicted molar refractivity (Wildman–Crippen MR) is 62.0 cm³/mol. The largest absolute Gasteiger partial charge is 0.395 e. The van der Waals surface area contributed by atoms with Crippen LogP contribution in [0.3, 0.4) is 0 Å². The molecule has 0 aliphatic heterocycles. The van der Waals surface area contributed by atoms with Gasteiger partial charge < -0.3 is 5.11 Å². The Morgan fingerprint density at radius 3 is 3.19 bits per heavy atom. The van der Waals surface area contributed by atoms with Gasteiger partial charge in [0.2, 0.25) is 0 Å². The zero-order chi connectivity index (χ0) is 11.2. The molecule has 0 bridgehead atoms. The molecule has 0 unspecified atom stereocenters. The molecule has 1 N–H and O–H groups in total. The van der Waals surface area contributed by atoms with Gasteiger partial charge in [-0.2, -0.15) is 5.10 Å². The first-order chi connectivity index (χ1) is 7.88. The number of hydrogen-bond donors (Lipinski definition) is 1. The van der Waals surface area contributed by atoms with Gasteiger partial charge in [-0.15, -0.1) is 11.3 Å². The standard InChI is InChI=1S/C11H11N3OS/c15-4-2-1-3-10-5-11(16-7-10)6-14-9-12-8-13-14/h5,7-9,15H,2,4,6H2. The maximum absolute atomic E-state index is 8.60. The quantitative estimate of drug-likeness (QED) is 0.808. The molecule has 0 fully saturated rings. The smallest absolute Gasteiger partial charge is 0.137 e. The number of aromatic nitrogens is 3. The Kier molecular flexibility index (Phi) is 3.70. The van der Waals surface area contributed by atoms with E-state index in [1.807, 2.05) is 11.4 Å². The molecule has 0 atom stereocenters. The second kappa shape index (κ2) is 5.45. The summed E-state index contributed by atoms with van der Waals surface area (Å²) in [5, 5.41) is 14.7. The maximum Gasteiger partial charge on any atom is 0.137 e. The topological polar surface area (TPSA) is 50.9 Å². The Morgan fingerprint density at radius 1 is 1.50 bits per heavy atom. The summed E-state index contributed by atoms with van der Waals surface area (Å²) >= 11 is 1.65. The monoisotopic (exact) mass is 233 g/mol. The lowest BCUT2D eigenvalue weighted by Gasteiger charge is -1.94. The average molecular weight is 233 g/mol. The Balaban J connectivity index is 2.00. The molecular formula is C11H11N3OS. The Morgan fingerprint density at radius 2 is 2.44 bits per heavy atom. The number of aliphatic hydroxyl groups is 1. The minimum Gasteiger partial charge on any atom is -0.395 e. The highest BCUT2D eigenvalue weighted by molar-refractivity contribution is 7.10. The van der Waals surface area contributed by atoms with Gasteiger partial charge in [-0.3, -0.25) is 0 Å². The highest BCUT2D eigenvalue weighted by atomic mass is 32.1. The van der Waals surface area contributed by atoms with Gasteiger partial charge in [0.1, 0.15) is 12.7 Å². The van der Waals surface area contributed by atoms with Gasteiger partial charge in [-0.25, -0.2) is 9.67 Å². The first-order valence-electron chi connectivity index (χ1n) is 4.88. The number of hydrogen-bond acceptors (Lipinski definition) is 4. The van der Waals surface area contributed by atoms with Crippen LogP contribution >= 0.6 is 11.3 Å². The van der Waals surface area contributed by atoms with Crippen molar-refractivity contribution in [2.24, 2.45) is 0 Å². The van der Waals surface area contributed by atoms with Crippen molar-refractivity contribution in [2.75, 3.05) is 6.61 Å². The highest BCUT2D eigenvalue weighted by Gasteiger charge is 1.99. The van der Waals surface area contributed by atoms with Crippen molar-refractivity contribution in [3.8, 4) is 11.8 Å². The molecule has 0 saturated heterocycles. The summed E-state index contributed by atoms with van der Waals surface area (Å²) in [5.74, 6) is 5.90. The minimum absolute atomic E-state index is 0.114. The van der Waals surface area contributed by atoms with Gasteiger partial charge in [0.05, 0.1) is 13.2 Å². The van der Waals surface area contributed by atoms with E-state index in [-0.39, 0.29) is 6.61 Å². The Bertz CT molecular complexity index is 493. The zero-order valence-corrected chi connectivity index (χ0v) is 9.44. The van der Waals surface area contributed by atoms with Gasteiger partial charge in [-0.05, 0) is 6.07 Å². The third-order valence-corrected chi connectivity index (χ3v) is 2.83. The molecule has 0 aromatic carbocycles. The lowest BCUT2D eigenvalue weighted by Crippen LogP contribution is -1.97. The zero-order valence-electron chi connectivity index (χ0n) is 8.63. The van der Waals surface area contributed by atoms with Gasteiger partial charge in [0.15, 0.2) is 0 Å². The molecule has 82 valence electrons. The third kappa shape index (κ3) is 2.92. The van der Waals surface area contributed by atoms with E-state index in [1.54, 1.807) is 22.3 Å². The lowest BCUT2D eigenvalue weighted by molar-refractivity contribution is 0.305. The summed E-state index contributed by atoms with van der Waals surface area (Å²) in [7, 11) is 0. The van der Waals surface area contributed by atoms with Crippen LogP contribution < -0.4 is 0 Å². The molecule has 2 rings (SSSR count). The average Bonchev–Trinajstić information content (AvgIpc) is 2.91. The van der Waals surface area contributed by atoms with Crippen molar-refractivity contribution < 1.29 is 5.11 Å². The van der Waals surface area contributed by atoms with Crippen molar-refractivity contribution in [3.05, 3.63) is 34.5 Å². The number of rotatable bonds is 3. The molecule has 4 nitrogen and oxygen atoms in total. The number of thiophene rings is 1. The van der Waals surface area contributed by atoms with Crippen molar-refractivity contribution in [1.82, 2.24) is 14.8 Å². The van der Waals surface area contributed by atoms with Crippen LogP contribution in [0.2, 0.25) is 0 Å². The molecule has 0 saturated carbocycles. The molecule has 0 aliphatic rings. The molecule has 2 aromatic rings. The van der Waals surface area contributed by atoms with Crippen LogP contribution in [-0.2, 0) is 6.54 Å². The van der Waals surface area contributed by atoms with E-state index in [2.05, 4.69) is 21.9 Å². The maximum atomic E-state index is 8.60. The fourth-order valence-corrected chi connectivity index (χ4v) is 2.03. The molecule has 2 aromatic heterocycles. The van der Waals surface area contributed by atoms with E-state index < -0.39 is 0 Å². The van der Waals surface area contributed by atoms with Crippen LogP contribution in [0.15, 0.2) is 24.1 Å². The number of nitrogens with zero attached hydrogens (tertiary/aromatic N) is 3. The van der Waals surface area contributed by atoms with Crippen LogP contribution in [0.4, 0.5) is 0 Å². The predicted octanol–water partition coefficient (Wildman–Crippen LogP) is 1.12. The van der Waals surface area contributed by atoms with E-state index in [1.165, 1.54) is 11.2 Å². The Labute approximate surface area is 97.6 Å². The van der Waals surface area contributed by atoms with Crippen LogP contribution in [0.5, 0.6) is 0 Å². The SMILES string of the molecule is OCCC#Cc1csc(Cn2cncn2)c1. The fraction of sp³-hybridized carbons (Fsp3) is 0.273. The normalized spacial score (nSPS) is 9.81. The lowest BCUT2D eigenvalue weighted by atomic mass is 10.3. The van der Waals surface area contributed by atoms with Crippen molar-refractivity contribution in [2.45, 2.75) is 13.0 Å². The summed E-state index contributed by atoms with van der Waals surface area (Å²) in [6.45, 7) is 0.843. The van der Waals surface area contributed by atoms with Crippen molar-refractivity contribution in [1.29, 1.82) is 0 Å². The highest BCUT2D eigenvalue weighted by Crippen LogP contribution is 2.14. The molecule has 2 heterocycles. The molecule has 5 heteroatoms. The van der Waals surface area contributed by atoms with E-state index in [4.69, 9.17) is 5.11 Å². The van der Waals surface area contributed by atoms with Crippen LogP contribution in [-0.4, -0.2) is 26.5 Å². The second-order valence-electron chi connectivity index (χ2n) is 3.17. The molecule has 0 radical (unpaired) electrons. The summed E-state index contributed by atoms with van der Waals surface area (Å²) < 4.78 is 1.77. The van der Waals surface area contributed by atoms with E-state index in [0.717, 1.165) is 12.1 Å². The molecule has 16 heavy (non-hydrogen) atoms. The minimum atomic E-state index is 0.114.